The summed E-state index contributed by atoms with van der Waals surface area (Å²) in [6, 6.07) is 17.1. The minimum atomic E-state index is -3.53. The molecule has 0 radical (unpaired) electrons. The van der Waals surface area contributed by atoms with E-state index in [-0.39, 0.29) is 18.5 Å². The molecule has 0 unspecified atom stereocenters. The van der Waals surface area contributed by atoms with Crippen molar-refractivity contribution in [1.82, 2.24) is 9.62 Å². The van der Waals surface area contributed by atoms with Crippen LogP contribution in [0.1, 0.15) is 30.9 Å². The molecule has 1 atom stereocenters. The first-order valence-corrected chi connectivity index (χ1v) is 11.4. The molecule has 6 heteroatoms. The molecule has 1 N–H and O–H groups in total. The lowest BCUT2D eigenvalue weighted by Crippen LogP contribution is -2.39. The van der Waals surface area contributed by atoms with Crippen LogP contribution < -0.4 is 5.32 Å². The van der Waals surface area contributed by atoms with Crippen LogP contribution in [0.25, 0.3) is 0 Å². The number of amides is 1. The van der Waals surface area contributed by atoms with Gasteiger partial charge in [0.05, 0.1) is 4.90 Å². The van der Waals surface area contributed by atoms with Gasteiger partial charge in [0.2, 0.25) is 15.9 Å². The Morgan fingerprint density at radius 3 is 2.41 bits per heavy atom. The molecule has 0 bridgehead atoms. The summed E-state index contributed by atoms with van der Waals surface area (Å²) in [5.41, 5.74) is 2.93. The second-order valence-electron chi connectivity index (χ2n) is 7.55. The maximum atomic E-state index is 12.8. The minimum Gasteiger partial charge on any atom is -0.350 e. The van der Waals surface area contributed by atoms with Crippen molar-refractivity contribution in [3.05, 3.63) is 77.4 Å². The zero-order valence-electron chi connectivity index (χ0n) is 17.0. The highest BCUT2D eigenvalue weighted by Gasteiger charge is 2.27. The van der Waals surface area contributed by atoms with Crippen LogP contribution in [0.5, 0.6) is 0 Å². The van der Waals surface area contributed by atoms with E-state index in [1.54, 1.807) is 30.3 Å². The van der Waals surface area contributed by atoms with Gasteiger partial charge < -0.3 is 5.32 Å². The molecule has 0 aromatic heterocycles. The highest BCUT2D eigenvalue weighted by molar-refractivity contribution is 7.89. The molecule has 3 rings (SSSR count). The maximum absolute atomic E-state index is 12.8. The molecule has 0 fully saturated rings. The van der Waals surface area contributed by atoms with Crippen LogP contribution in [0.2, 0.25) is 0 Å². The standard InChI is InChI=1S/C23H28N2O3S/c1-18-8-12-22(13-9-18)29(27,28)25-16-14-21(15-17-25)23(26)24-19(2)10-11-20-6-4-3-5-7-20/h3-9,12-14,19H,10-11,15-17H2,1-2H3,(H,24,26)/t19-/m1/s1. The fourth-order valence-corrected chi connectivity index (χ4v) is 4.73. The summed E-state index contributed by atoms with van der Waals surface area (Å²) in [5.74, 6) is -0.0991. The predicted octanol–water partition coefficient (Wildman–Crippen LogP) is 3.45. The van der Waals surface area contributed by atoms with Gasteiger partial charge in [-0.05, 0) is 50.8 Å². The van der Waals surface area contributed by atoms with Gasteiger partial charge in [0.15, 0.2) is 0 Å². The first kappa shape index (κ1) is 21.3. The summed E-state index contributed by atoms with van der Waals surface area (Å²) < 4.78 is 27.0. The van der Waals surface area contributed by atoms with Gasteiger partial charge >= 0.3 is 0 Å². The van der Waals surface area contributed by atoms with Gasteiger partial charge in [-0.25, -0.2) is 8.42 Å². The smallest absolute Gasteiger partial charge is 0.247 e. The van der Waals surface area contributed by atoms with Crippen molar-refractivity contribution >= 4 is 15.9 Å². The minimum absolute atomic E-state index is 0.0536. The zero-order chi connectivity index (χ0) is 20.9. The Labute approximate surface area is 173 Å². The molecule has 0 aliphatic carbocycles. The lowest BCUT2D eigenvalue weighted by Gasteiger charge is -2.26. The summed E-state index contributed by atoms with van der Waals surface area (Å²) >= 11 is 0. The van der Waals surface area contributed by atoms with Crippen molar-refractivity contribution in [3.63, 3.8) is 0 Å². The van der Waals surface area contributed by atoms with Crippen LogP contribution in [0.15, 0.2) is 71.1 Å². The van der Waals surface area contributed by atoms with E-state index in [1.807, 2.05) is 32.0 Å². The number of benzene rings is 2. The SMILES string of the molecule is Cc1ccc(S(=O)(=O)N2CC=C(C(=O)N[C@H](C)CCc3ccccc3)CC2)cc1. The monoisotopic (exact) mass is 412 g/mol. The highest BCUT2D eigenvalue weighted by atomic mass is 32.2. The number of aryl methyl sites for hydroxylation is 2. The van der Waals surface area contributed by atoms with Crippen molar-refractivity contribution in [1.29, 1.82) is 0 Å². The average molecular weight is 413 g/mol. The van der Waals surface area contributed by atoms with Crippen LogP contribution in [-0.4, -0.2) is 37.8 Å². The van der Waals surface area contributed by atoms with Crippen molar-refractivity contribution in [2.24, 2.45) is 0 Å². The summed E-state index contributed by atoms with van der Waals surface area (Å²) in [4.78, 5) is 12.8. The molecule has 1 aliphatic heterocycles. The van der Waals surface area contributed by atoms with Crippen LogP contribution in [0.4, 0.5) is 0 Å². The molecular weight excluding hydrogens is 384 g/mol. The van der Waals surface area contributed by atoms with Crippen LogP contribution in [0, 0.1) is 6.92 Å². The predicted molar refractivity (Wildman–Crippen MR) is 115 cm³/mol. The Kier molecular flexibility index (Phi) is 6.87. The Morgan fingerprint density at radius 2 is 1.79 bits per heavy atom. The van der Waals surface area contributed by atoms with Crippen molar-refractivity contribution in [2.75, 3.05) is 13.1 Å². The molecule has 0 saturated heterocycles. The molecule has 0 spiro atoms. The lowest BCUT2D eigenvalue weighted by molar-refractivity contribution is -0.118. The molecule has 1 amide bonds. The molecule has 2 aromatic rings. The summed E-state index contributed by atoms with van der Waals surface area (Å²) in [5, 5.41) is 3.04. The summed E-state index contributed by atoms with van der Waals surface area (Å²) in [7, 11) is -3.53. The van der Waals surface area contributed by atoms with E-state index in [9.17, 15) is 13.2 Å². The van der Waals surface area contributed by atoms with Crippen LogP contribution >= 0.6 is 0 Å². The molecular formula is C23H28N2O3S. The Bertz CT molecular complexity index is 967. The number of rotatable bonds is 7. The van der Waals surface area contributed by atoms with Gasteiger partial charge in [0, 0.05) is 24.7 Å². The Hall–Kier alpha value is -2.44. The van der Waals surface area contributed by atoms with E-state index >= 15 is 0 Å². The van der Waals surface area contributed by atoms with Gasteiger partial charge in [0.25, 0.3) is 0 Å². The number of carbonyl (C=O) groups is 1. The third kappa shape index (κ3) is 5.55. The van der Waals surface area contributed by atoms with E-state index in [2.05, 4.69) is 17.4 Å². The van der Waals surface area contributed by atoms with E-state index in [4.69, 9.17) is 0 Å². The molecule has 0 saturated carbocycles. The van der Waals surface area contributed by atoms with Crippen molar-refractivity contribution < 1.29 is 13.2 Å². The second kappa shape index (κ2) is 9.37. The van der Waals surface area contributed by atoms with Gasteiger partial charge in [-0.15, -0.1) is 0 Å². The van der Waals surface area contributed by atoms with E-state index in [0.29, 0.717) is 23.4 Å². The molecule has 1 aliphatic rings. The van der Waals surface area contributed by atoms with E-state index in [0.717, 1.165) is 18.4 Å². The first-order valence-electron chi connectivity index (χ1n) is 9.97. The molecule has 154 valence electrons. The average Bonchev–Trinajstić information content (AvgIpc) is 2.73. The summed E-state index contributed by atoms with van der Waals surface area (Å²) in [6.45, 7) is 4.45. The topological polar surface area (TPSA) is 66.5 Å². The Morgan fingerprint density at radius 1 is 1.10 bits per heavy atom. The third-order valence-electron chi connectivity index (χ3n) is 5.21. The normalized spacial score (nSPS) is 16.1. The first-order chi connectivity index (χ1) is 13.9. The quantitative estimate of drug-likeness (QED) is 0.757. The van der Waals surface area contributed by atoms with Crippen molar-refractivity contribution in [3.8, 4) is 0 Å². The third-order valence-corrected chi connectivity index (χ3v) is 7.09. The molecule has 5 nitrogen and oxygen atoms in total. The number of carbonyl (C=O) groups excluding carboxylic acids is 1. The zero-order valence-corrected chi connectivity index (χ0v) is 17.8. The van der Waals surface area contributed by atoms with Gasteiger partial charge in [-0.3, -0.25) is 4.79 Å². The summed E-state index contributed by atoms with van der Waals surface area (Å²) in [6.07, 6.45) is 3.91. The number of hydrogen-bond acceptors (Lipinski definition) is 3. The maximum Gasteiger partial charge on any atom is 0.247 e. The van der Waals surface area contributed by atoms with E-state index in [1.165, 1.54) is 9.87 Å². The second-order valence-corrected chi connectivity index (χ2v) is 9.49. The van der Waals surface area contributed by atoms with Crippen LogP contribution in [0.3, 0.4) is 0 Å². The lowest BCUT2D eigenvalue weighted by atomic mass is 10.0. The van der Waals surface area contributed by atoms with Gasteiger partial charge in [-0.2, -0.15) is 4.31 Å². The molecule has 1 heterocycles. The number of hydrogen-bond donors (Lipinski definition) is 1. The van der Waals surface area contributed by atoms with Crippen LogP contribution in [-0.2, 0) is 21.2 Å². The van der Waals surface area contributed by atoms with Gasteiger partial charge in [0.1, 0.15) is 0 Å². The fourth-order valence-electron chi connectivity index (χ4n) is 3.35. The van der Waals surface area contributed by atoms with Crippen molar-refractivity contribution in [2.45, 2.75) is 44.0 Å². The number of nitrogens with zero attached hydrogens (tertiary/aromatic N) is 1. The van der Waals surface area contributed by atoms with Gasteiger partial charge in [-0.1, -0.05) is 54.1 Å². The largest absolute Gasteiger partial charge is 0.350 e. The molecule has 29 heavy (non-hydrogen) atoms. The fraction of sp³-hybridized carbons (Fsp3) is 0.348. The number of nitrogens with one attached hydrogen (secondary N) is 1. The number of sulfonamides is 1. The Balaban J connectivity index is 1.54. The molecule has 2 aromatic carbocycles. The highest BCUT2D eigenvalue weighted by Crippen LogP contribution is 2.21. The van der Waals surface area contributed by atoms with E-state index < -0.39 is 10.0 Å².